The van der Waals surface area contributed by atoms with Crippen molar-refractivity contribution in [2.75, 3.05) is 17.2 Å². The molecule has 0 aliphatic rings. The highest BCUT2D eigenvalue weighted by atomic mass is 35.5. The summed E-state index contributed by atoms with van der Waals surface area (Å²) < 4.78 is 0. The van der Waals surface area contributed by atoms with E-state index in [-0.39, 0.29) is 0 Å². The monoisotopic (exact) mass is 262 g/mol. The maximum atomic E-state index is 5.94. The minimum Gasteiger partial charge on any atom is -0.354 e. The molecular formula is C13H15ClN4. The van der Waals surface area contributed by atoms with E-state index in [4.69, 9.17) is 11.6 Å². The Labute approximate surface area is 111 Å². The Morgan fingerprint density at radius 3 is 2.78 bits per heavy atom. The Morgan fingerprint density at radius 1 is 1.22 bits per heavy atom. The van der Waals surface area contributed by atoms with Crippen LogP contribution < -0.4 is 10.6 Å². The summed E-state index contributed by atoms with van der Waals surface area (Å²) in [5, 5.41) is 7.00. The van der Waals surface area contributed by atoms with Crippen LogP contribution in [0.15, 0.2) is 30.3 Å². The zero-order valence-corrected chi connectivity index (χ0v) is 11.1. The van der Waals surface area contributed by atoms with Crippen LogP contribution in [-0.2, 0) is 0 Å². The molecule has 0 saturated carbocycles. The van der Waals surface area contributed by atoms with Crippen LogP contribution >= 0.6 is 11.6 Å². The van der Waals surface area contributed by atoms with Crippen molar-refractivity contribution >= 4 is 29.1 Å². The van der Waals surface area contributed by atoms with Crippen LogP contribution in [0.25, 0.3) is 0 Å². The molecule has 0 bridgehead atoms. The molecule has 18 heavy (non-hydrogen) atoms. The molecule has 4 nitrogen and oxygen atoms in total. The van der Waals surface area contributed by atoms with Gasteiger partial charge in [0.2, 0.25) is 5.95 Å². The van der Waals surface area contributed by atoms with Crippen molar-refractivity contribution in [3.8, 4) is 0 Å². The van der Waals surface area contributed by atoms with Crippen molar-refractivity contribution < 1.29 is 0 Å². The lowest BCUT2D eigenvalue weighted by Gasteiger charge is -2.09. The van der Waals surface area contributed by atoms with Crippen LogP contribution in [0.2, 0.25) is 5.02 Å². The van der Waals surface area contributed by atoms with E-state index >= 15 is 0 Å². The van der Waals surface area contributed by atoms with Crippen molar-refractivity contribution in [3.63, 3.8) is 0 Å². The fraction of sp³-hybridized carbons (Fsp3) is 0.231. The van der Waals surface area contributed by atoms with E-state index in [2.05, 4.69) is 20.6 Å². The Morgan fingerprint density at radius 2 is 2.06 bits per heavy atom. The number of benzene rings is 1. The highest BCUT2D eigenvalue weighted by Crippen LogP contribution is 2.19. The Kier molecular flexibility index (Phi) is 3.99. The maximum absolute atomic E-state index is 5.94. The average Bonchev–Trinajstić information content (AvgIpc) is 2.28. The number of anilines is 3. The van der Waals surface area contributed by atoms with Gasteiger partial charge in [-0.25, -0.2) is 4.98 Å². The van der Waals surface area contributed by atoms with E-state index in [0.29, 0.717) is 11.0 Å². The smallest absolute Gasteiger partial charge is 0.224 e. The number of aromatic nitrogens is 2. The summed E-state index contributed by atoms with van der Waals surface area (Å²) in [5.74, 6) is 1.38. The van der Waals surface area contributed by atoms with Crippen LogP contribution in [0.5, 0.6) is 0 Å². The highest BCUT2D eigenvalue weighted by Gasteiger charge is 2.02. The average molecular weight is 263 g/mol. The van der Waals surface area contributed by atoms with Gasteiger partial charge in [-0.05, 0) is 32.0 Å². The van der Waals surface area contributed by atoms with Crippen LogP contribution in [0.4, 0.5) is 17.5 Å². The van der Waals surface area contributed by atoms with E-state index in [1.54, 1.807) is 0 Å². The molecule has 0 unspecified atom stereocenters. The first-order valence-corrected chi connectivity index (χ1v) is 6.17. The molecular weight excluding hydrogens is 248 g/mol. The second kappa shape index (κ2) is 5.69. The minimum absolute atomic E-state index is 0.627. The Bertz CT molecular complexity index is 542. The van der Waals surface area contributed by atoms with E-state index in [1.165, 1.54) is 0 Å². The first-order valence-electron chi connectivity index (χ1n) is 5.79. The second-order valence-corrected chi connectivity index (χ2v) is 4.32. The van der Waals surface area contributed by atoms with Gasteiger partial charge in [-0.1, -0.05) is 17.7 Å². The molecule has 0 aliphatic heterocycles. The summed E-state index contributed by atoms with van der Waals surface area (Å²) in [5.41, 5.74) is 1.81. The molecule has 0 radical (unpaired) electrons. The second-order valence-electron chi connectivity index (χ2n) is 3.88. The minimum atomic E-state index is 0.627. The van der Waals surface area contributed by atoms with Gasteiger partial charge in [-0.3, -0.25) is 0 Å². The molecule has 0 spiro atoms. The molecule has 2 N–H and O–H groups in total. The lowest BCUT2D eigenvalue weighted by Crippen LogP contribution is -2.05. The first-order chi connectivity index (χ1) is 8.67. The van der Waals surface area contributed by atoms with Crippen LogP contribution in [0.3, 0.4) is 0 Å². The van der Waals surface area contributed by atoms with Crippen molar-refractivity contribution in [3.05, 3.63) is 41.0 Å². The van der Waals surface area contributed by atoms with E-state index in [1.807, 2.05) is 44.2 Å². The summed E-state index contributed by atoms with van der Waals surface area (Å²) in [6.45, 7) is 4.74. The first kappa shape index (κ1) is 12.6. The third kappa shape index (κ3) is 3.34. The number of halogens is 1. The fourth-order valence-electron chi connectivity index (χ4n) is 1.58. The van der Waals surface area contributed by atoms with Gasteiger partial charge in [-0.2, -0.15) is 4.98 Å². The summed E-state index contributed by atoms with van der Waals surface area (Å²) in [7, 11) is 0. The van der Waals surface area contributed by atoms with Crippen molar-refractivity contribution in [2.45, 2.75) is 13.8 Å². The number of nitrogens with one attached hydrogen (secondary N) is 2. The standard InChI is InChI=1S/C13H15ClN4/c1-3-15-13-16-9(2)7-12(18-13)17-11-6-4-5-10(14)8-11/h4-8H,3H2,1-2H3,(H2,15,16,17,18). The van der Waals surface area contributed by atoms with Crippen LogP contribution in [-0.4, -0.2) is 16.5 Å². The summed E-state index contributed by atoms with van der Waals surface area (Å²) in [4.78, 5) is 8.67. The van der Waals surface area contributed by atoms with Gasteiger partial charge in [0.1, 0.15) is 5.82 Å². The largest absolute Gasteiger partial charge is 0.354 e. The van der Waals surface area contributed by atoms with Gasteiger partial charge < -0.3 is 10.6 Å². The molecule has 94 valence electrons. The Hall–Kier alpha value is -1.81. The topological polar surface area (TPSA) is 49.8 Å². The predicted molar refractivity (Wildman–Crippen MR) is 75.7 cm³/mol. The lowest BCUT2D eigenvalue weighted by molar-refractivity contribution is 1.05. The molecule has 2 rings (SSSR count). The van der Waals surface area contributed by atoms with E-state index in [0.717, 1.165) is 23.7 Å². The molecule has 1 aromatic heterocycles. The summed E-state index contributed by atoms with van der Waals surface area (Å²) >= 11 is 5.94. The molecule has 0 fully saturated rings. The SMILES string of the molecule is CCNc1nc(C)cc(Nc2cccc(Cl)c2)n1. The molecule has 2 aromatic rings. The van der Waals surface area contributed by atoms with E-state index in [9.17, 15) is 0 Å². The van der Waals surface area contributed by atoms with Crippen molar-refractivity contribution in [1.29, 1.82) is 0 Å². The van der Waals surface area contributed by atoms with E-state index < -0.39 is 0 Å². The molecule has 5 heteroatoms. The van der Waals surface area contributed by atoms with Crippen LogP contribution in [0.1, 0.15) is 12.6 Å². The highest BCUT2D eigenvalue weighted by molar-refractivity contribution is 6.30. The quantitative estimate of drug-likeness (QED) is 0.884. The number of hydrogen-bond acceptors (Lipinski definition) is 4. The third-order valence-corrected chi connectivity index (χ3v) is 2.52. The molecule has 0 aliphatic carbocycles. The van der Waals surface area contributed by atoms with Gasteiger partial charge in [0.15, 0.2) is 0 Å². The molecule has 0 saturated heterocycles. The van der Waals surface area contributed by atoms with Gasteiger partial charge in [0.25, 0.3) is 0 Å². The number of hydrogen-bond donors (Lipinski definition) is 2. The number of aryl methyl sites for hydroxylation is 1. The van der Waals surface area contributed by atoms with Crippen molar-refractivity contribution in [1.82, 2.24) is 9.97 Å². The summed E-state index contributed by atoms with van der Waals surface area (Å²) in [6.07, 6.45) is 0. The molecule has 0 atom stereocenters. The third-order valence-electron chi connectivity index (χ3n) is 2.29. The predicted octanol–water partition coefficient (Wildman–Crippen LogP) is 3.61. The van der Waals surface area contributed by atoms with Gasteiger partial charge >= 0.3 is 0 Å². The fourth-order valence-corrected chi connectivity index (χ4v) is 1.77. The number of nitrogens with zero attached hydrogens (tertiary/aromatic N) is 2. The lowest BCUT2D eigenvalue weighted by atomic mass is 10.3. The summed E-state index contributed by atoms with van der Waals surface area (Å²) in [6, 6.07) is 9.41. The zero-order chi connectivity index (χ0) is 13.0. The molecule has 0 amide bonds. The van der Waals surface area contributed by atoms with Gasteiger partial charge in [0, 0.05) is 29.0 Å². The number of rotatable bonds is 4. The van der Waals surface area contributed by atoms with Gasteiger partial charge in [0.05, 0.1) is 0 Å². The van der Waals surface area contributed by atoms with Crippen LogP contribution in [0, 0.1) is 6.92 Å². The normalized spacial score (nSPS) is 10.2. The zero-order valence-electron chi connectivity index (χ0n) is 10.4. The van der Waals surface area contributed by atoms with Crippen molar-refractivity contribution in [2.24, 2.45) is 0 Å². The van der Waals surface area contributed by atoms with Gasteiger partial charge in [-0.15, -0.1) is 0 Å². The maximum Gasteiger partial charge on any atom is 0.224 e. The molecule has 1 aromatic carbocycles. The Balaban J connectivity index is 2.23. The molecule has 1 heterocycles.